The maximum Gasteiger partial charge on any atom is 0.417 e. The standard InChI is InChI=1S/C15H11F3O3/c1-21-11-7-9(6-10(8-11)14(19)20)12-4-2-3-5-13(12)15(16,17)18/h2-8H,1H3,(H,19,20). The molecule has 0 atom stereocenters. The molecule has 21 heavy (non-hydrogen) atoms. The summed E-state index contributed by atoms with van der Waals surface area (Å²) in [5, 5.41) is 9.03. The van der Waals surface area contributed by atoms with Crippen LogP contribution in [0.1, 0.15) is 15.9 Å². The zero-order valence-electron chi connectivity index (χ0n) is 10.9. The third-order valence-corrected chi connectivity index (χ3v) is 2.93. The summed E-state index contributed by atoms with van der Waals surface area (Å²) in [4.78, 5) is 11.1. The molecule has 0 saturated carbocycles. The Morgan fingerprint density at radius 2 is 1.81 bits per heavy atom. The summed E-state index contributed by atoms with van der Waals surface area (Å²) in [6.07, 6.45) is -4.52. The van der Waals surface area contributed by atoms with E-state index >= 15 is 0 Å². The lowest BCUT2D eigenvalue weighted by atomic mass is 9.97. The molecule has 2 aromatic carbocycles. The van der Waals surface area contributed by atoms with Crippen molar-refractivity contribution in [1.82, 2.24) is 0 Å². The molecule has 0 bridgehead atoms. The van der Waals surface area contributed by atoms with Gasteiger partial charge in [0.05, 0.1) is 18.2 Å². The highest BCUT2D eigenvalue weighted by molar-refractivity contribution is 5.90. The fourth-order valence-electron chi connectivity index (χ4n) is 1.98. The topological polar surface area (TPSA) is 46.5 Å². The van der Waals surface area contributed by atoms with E-state index in [1.807, 2.05) is 0 Å². The molecule has 1 N–H and O–H groups in total. The molecule has 0 aliphatic carbocycles. The van der Waals surface area contributed by atoms with Crippen LogP contribution in [0.4, 0.5) is 13.2 Å². The zero-order valence-corrected chi connectivity index (χ0v) is 10.9. The van der Waals surface area contributed by atoms with Gasteiger partial charge < -0.3 is 9.84 Å². The first-order valence-electron chi connectivity index (χ1n) is 5.92. The van der Waals surface area contributed by atoms with E-state index < -0.39 is 17.7 Å². The first kappa shape index (κ1) is 14.9. The number of hydrogen-bond acceptors (Lipinski definition) is 2. The van der Waals surface area contributed by atoms with Crippen LogP contribution in [0.2, 0.25) is 0 Å². The lowest BCUT2D eigenvalue weighted by Crippen LogP contribution is -2.07. The van der Waals surface area contributed by atoms with Gasteiger partial charge in [-0.3, -0.25) is 0 Å². The number of carboxylic acid groups (broad SMARTS) is 1. The quantitative estimate of drug-likeness (QED) is 0.928. The smallest absolute Gasteiger partial charge is 0.417 e. The molecular formula is C15H11F3O3. The highest BCUT2D eigenvalue weighted by Gasteiger charge is 2.33. The van der Waals surface area contributed by atoms with Crippen molar-refractivity contribution in [2.75, 3.05) is 7.11 Å². The molecule has 3 nitrogen and oxygen atoms in total. The summed E-state index contributed by atoms with van der Waals surface area (Å²) in [7, 11) is 1.32. The molecule has 0 aliphatic heterocycles. The van der Waals surface area contributed by atoms with E-state index in [1.165, 1.54) is 43.5 Å². The summed E-state index contributed by atoms with van der Waals surface area (Å²) >= 11 is 0. The van der Waals surface area contributed by atoms with Gasteiger partial charge in [0.1, 0.15) is 5.75 Å². The summed E-state index contributed by atoms with van der Waals surface area (Å²) in [6, 6.07) is 8.81. The number of methoxy groups -OCH3 is 1. The number of rotatable bonds is 3. The monoisotopic (exact) mass is 296 g/mol. The van der Waals surface area contributed by atoms with Gasteiger partial charge in [0.25, 0.3) is 0 Å². The molecule has 0 spiro atoms. The van der Waals surface area contributed by atoms with Gasteiger partial charge in [-0.2, -0.15) is 13.2 Å². The third kappa shape index (κ3) is 3.16. The van der Waals surface area contributed by atoms with Gasteiger partial charge in [-0.05, 0) is 35.4 Å². The van der Waals surface area contributed by atoms with E-state index in [-0.39, 0.29) is 22.4 Å². The first-order chi connectivity index (χ1) is 9.82. The summed E-state index contributed by atoms with van der Waals surface area (Å²) in [5.41, 5.74) is -0.915. The van der Waals surface area contributed by atoms with Crippen LogP contribution in [-0.2, 0) is 6.18 Å². The number of ether oxygens (including phenoxy) is 1. The van der Waals surface area contributed by atoms with E-state index in [9.17, 15) is 18.0 Å². The minimum Gasteiger partial charge on any atom is -0.497 e. The van der Waals surface area contributed by atoms with Crippen molar-refractivity contribution in [2.45, 2.75) is 6.18 Å². The van der Waals surface area contributed by atoms with Crippen molar-refractivity contribution in [3.8, 4) is 16.9 Å². The van der Waals surface area contributed by atoms with Crippen molar-refractivity contribution >= 4 is 5.97 Å². The molecule has 0 fully saturated rings. The predicted octanol–water partition coefficient (Wildman–Crippen LogP) is 4.08. The molecule has 0 heterocycles. The molecule has 0 aliphatic rings. The Labute approximate surface area is 118 Å². The van der Waals surface area contributed by atoms with E-state index in [0.29, 0.717) is 0 Å². The molecule has 6 heteroatoms. The minimum absolute atomic E-state index is 0.0913. The van der Waals surface area contributed by atoms with Crippen LogP contribution in [0.25, 0.3) is 11.1 Å². The van der Waals surface area contributed by atoms with Crippen molar-refractivity contribution in [3.63, 3.8) is 0 Å². The van der Waals surface area contributed by atoms with E-state index in [1.54, 1.807) is 0 Å². The second kappa shape index (κ2) is 5.47. The predicted molar refractivity (Wildman–Crippen MR) is 70.4 cm³/mol. The second-order valence-electron chi connectivity index (χ2n) is 4.30. The van der Waals surface area contributed by atoms with Gasteiger partial charge >= 0.3 is 12.1 Å². The molecule has 0 radical (unpaired) electrons. The Bertz CT molecular complexity index is 678. The van der Waals surface area contributed by atoms with E-state index in [2.05, 4.69) is 0 Å². The number of aromatic carboxylic acids is 1. The molecule has 110 valence electrons. The normalized spacial score (nSPS) is 11.2. The Morgan fingerprint density at radius 1 is 1.14 bits per heavy atom. The number of halogens is 3. The minimum atomic E-state index is -4.52. The van der Waals surface area contributed by atoms with Crippen LogP contribution in [-0.4, -0.2) is 18.2 Å². The average Bonchev–Trinajstić information content (AvgIpc) is 2.45. The summed E-state index contributed by atoms with van der Waals surface area (Å²) in [6.45, 7) is 0. The Hall–Kier alpha value is -2.50. The third-order valence-electron chi connectivity index (χ3n) is 2.93. The molecule has 0 amide bonds. The van der Waals surface area contributed by atoms with E-state index in [0.717, 1.165) is 6.07 Å². The van der Waals surface area contributed by atoms with Gasteiger partial charge in [0, 0.05) is 0 Å². The van der Waals surface area contributed by atoms with Crippen molar-refractivity contribution in [3.05, 3.63) is 53.6 Å². The highest BCUT2D eigenvalue weighted by atomic mass is 19.4. The summed E-state index contributed by atoms with van der Waals surface area (Å²) < 4.78 is 44.0. The van der Waals surface area contributed by atoms with Crippen molar-refractivity contribution in [2.24, 2.45) is 0 Å². The fraction of sp³-hybridized carbons (Fsp3) is 0.133. The van der Waals surface area contributed by atoms with Crippen LogP contribution >= 0.6 is 0 Å². The number of benzene rings is 2. The van der Waals surface area contributed by atoms with Crippen LogP contribution in [0.5, 0.6) is 5.75 Å². The van der Waals surface area contributed by atoms with Gasteiger partial charge in [-0.1, -0.05) is 18.2 Å². The fourth-order valence-corrected chi connectivity index (χ4v) is 1.98. The SMILES string of the molecule is COc1cc(C(=O)O)cc(-c2ccccc2C(F)(F)F)c1. The molecule has 2 rings (SSSR count). The summed E-state index contributed by atoms with van der Waals surface area (Å²) in [5.74, 6) is -1.05. The molecule has 0 aromatic heterocycles. The molecule has 0 unspecified atom stereocenters. The lowest BCUT2D eigenvalue weighted by Gasteiger charge is -2.14. The van der Waals surface area contributed by atoms with Crippen LogP contribution in [0.15, 0.2) is 42.5 Å². The number of hydrogen-bond donors (Lipinski definition) is 1. The van der Waals surface area contributed by atoms with Crippen LogP contribution in [0, 0.1) is 0 Å². The Balaban J connectivity index is 2.67. The molecule has 0 saturated heterocycles. The average molecular weight is 296 g/mol. The van der Waals surface area contributed by atoms with Gasteiger partial charge in [-0.15, -0.1) is 0 Å². The number of carboxylic acids is 1. The van der Waals surface area contributed by atoms with Gasteiger partial charge in [0.2, 0.25) is 0 Å². The van der Waals surface area contributed by atoms with Crippen LogP contribution in [0.3, 0.4) is 0 Å². The Morgan fingerprint density at radius 3 is 2.38 bits per heavy atom. The molecular weight excluding hydrogens is 285 g/mol. The number of carbonyl (C=O) groups is 1. The largest absolute Gasteiger partial charge is 0.497 e. The first-order valence-corrected chi connectivity index (χ1v) is 5.92. The zero-order chi connectivity index (χ0) is 15.6. The van der Waals surface area contributed by atoms with Crippen LogP contribution < -0.4 is 4.74 Å². The molecule has 2 aromatic rings. The Kier molecular flexibility index (Phi) is 3.88. The maximum atomic E-state index is 13.0. The van der Waals surface area contributed by atoms with Crippen molar-refractivity contribution < 1.29 is 27.8 Å². The van der Waals surface area contributed by atoms with E-state index in [4.69, 9.17) is 9.84 Å². The maximum absolute atomic E-state index is 13.0. The second-order valence-corrected chi connectivity index (χ2v) is 4.30. The lowest BCUT2D eigenvalue weighted by molar-refractivity contribution is -0.137. The van der Waals surface area contributed by atoms with Gasteiger partial charge in [0.15, 0.2) is 0 Å². The van der Waals surface area contributed by atoms with Crippen molar-refractivity contribution in [1.29, 1.82) is 0 Å². The van der Waals surface area contributed by atoms with Gasteiger partial charge in [-0.25, -0.2) is 4.79 Å². The highest BCUT2D eigenvalue weighted by Crippen LogP contribution is 2.38. The number of alkyl halides is 3.